The first kappa shape index (κ1) is 13.7. The number of ketones is 1. The molecule has 1 aromatic rings. The van der Waals surface area contributed by atoms with E-state index >= 15 is 0 Å². The minimum absolute atomic E-state index is 0.0560. The van der Waals surface area contributed by atoms with Crippen LogP contribution in [0.2, 0.25) is 0 Å². The van der Waals surface area contributed by atoms with Gasteiger partial charge in [0.25, 0.3) is 0 Å². The SMILES string of the molecule is COc1ccc(C)cc1C(=O)CNC(C)(C)C. The molecule has 1 aromatic carbocycles. The Morgan fingerprint density at radius 1 is 1.35 bits per heavy atom. The van der Waals surface area contributed by atoms with Gasteiger partial charge in [0.15, 0.2) is 5.78 Å². The van der Waals surface area contributed by atoms with Crippen molar-refractivity contribution in [2.24, 2.45) is 0 Å². The van der Waals surface area contributed by atoms with Crippen LogP contribution in [0.3, 0.4) is 0 Å². The lowest BCUT2D eigenvalue weighted by Crippen LogP contribution is -2.39. The topological polar surface area (TPSA) is 38.3 Å². The average molecular weight is 235 g/mol. The van der Waals surface area contributed by atoms with Crippen molar-refractivity contribution in [1.29, 1.82) is 0 Å². The van der Waals surface area contributed by atoms with Crippen LogP contribution in [0.4, 0.5) is 0 Å². The van der Waals surface area contributed by atoms with Crippen LogP contribution in [0, 0.1) is 6.92 Å². The number of carbonyl (C=O) groups excluding carboxylic acids is 1. The molecule has 0 amide bonds. The average Bonchev–Trinajstić information content (AvgIpc) is 2.25. The van der Waals surface area contributed by atoms with Crippen molar-refractivity contribution in [3.63, 3.8) is 0 Å². The van der Waals surface area contributed by atoms with Crippen molar-refractivity contribution in [3.05, 3.63) is 29.3 Å². The molecule has 0 bridgehead atoms. The van der Waals surface area contributed by atoms with Gasteiger partial charge in [-0.3, -0.25) is 4.79 Å². The summed E-state index contributed by atoms with van der Waals surface area (Å²) in [4.78, 5) is 12.1. The highest BCUT2D eigenvalue weighted by Gasteiger charge is 2.15. The van der Waals surface area contributed by atoms with E-state index < -0.39 is 0 Å². The Balaban J connectivity index is 2.84. The van der Waals surface area contributed by atoms with E-state index in [0.29, 0.717) is 17.9 Å². The summed E-state index contributed by atoms with van der Waals surface area (Å²) in [6.45, 7) is 8.39. The van der Waals surface area contributed by atoms with Gasteiger partial charge < -0.3 is 10.1 Å². The number of hydrogen-bond donors (Lipinski definition) is 1. The molecule has 0 aliphatic rings. The van der Waals surface area contributed by atoms with Crippen molar-refractivity contribution in [3.8, 4) is 5.75 Å². The molecule has 0 aliphatic heterocycles. The summed E-state index contributed by atoms with van der Waals surface area (Å²) in [5.74, 6) is 0.691. The van der Waals surface area contributed by atoms with Crippen LogP contribution in [-0.4, -0.2) is 25.0 Å². The number of Topliss-reactive ketones (excluding diaryl/α,β-unsaturated/α-hetero) is 1. The Hall–Kier alpha value is -1.35. The molecule has 0 heterocycles. The van der Waals surface area contributed by atoms with Crippen LogP contribution >= 0.6 is 0 Å². The Bertz CT molecular complexity index is 405. The molecule has 0 aliphatic carbocycles. The zero-order chi connectivity index (χ0) is 13.1. The normalized spacial score (nSPS) is 11.4. The zero-order valence-electron chi connectivity index (χ0n) is 11.3. The molecule has 3 heteroatoms. The molecule has 0 aromatic heterocycles. The maximum atomic E-state index is 12.1. The first-order chi connectivity index (χ1) is 7.83. The number of hydrogen-bond acceptors (Lipinski definition) is 3. The largest absolute Gasteiger partial charge is 0.496 e. The van der Waals surface area contributed by atoms with E-state index in [9.17, 15) is 4.79 Å². The van der Waals surface area contributed by atoms with Crippen LogP contribution < -0.4 is 10.1 Å². The maximum absolute atomic E-state index is 12.1. The second-order valence-corrected chi connectivity index (χ2v) is 5.23. The monoisotopic (exact) mass is 235 g/mol. The predicted octanol–water partition coefficient (Wildman–Crippen LogP) is 2.57. The van der Waals surface area contributed by atoms with Gasteiger partial charge in [-0.05, 0) is 39.8 Å². The Labute approximate surface area is 103 Å². The van der Waals surface area contributed by atoms with E-state index in [-0.39, 0.29) is 11.3 Å². The first-order valence-corrected chi connectivity index (χ1v) is 5.76. The van der Waals surface area contributed by atoms with Gasteiger partial charge in [0.05, 0.1) is 19.2 Å². The fraction of sp³-hybridized carbons (Fsp3) is 0.500. The van der Waals surface area contributed by atoms with E-state index in [0.717, 1.165) is 5.56 Å². The molecule has 0 atom stereocenters. The molecule has 0 fully saturated rings. The summed E-state index contributed by atoms with van der Waals surface area (Å²) < 4.78 is 5.20. The van der Waals surface area contributed by atoms with E-state index in [1.165, 1.54) is 0 Å². The lowest BCUT2D eigenvalue weighted by Gasteiger charge is -2.20. The lowest BCUT2D eigenvalue weighted by molar-refractivity contribution is 0.0979. The van der Waals surface area contributed by atoms with Gasteiger partial charge in [0, 0.05) is 5.54 Å². The van der Waals surface area contributed by atoms with Crippen LogP contribution in [-0.2, 0) is 0 Å². The van der Waals surface area contributed by atoms with E-state index in [1.54, 1.807) is 7.11 Å². The fourth-order valence-electron chi connectivity index (χ4n) is 1.48. The molecule has 1 N–H and O–H groups in total. The second kappa shape index (κ2) is 5.32. The van der Waals surface area contributed by atoms with Gasteiger partial charge in [-0.15, -0.1) is 0 Å². The van der Waals surface area contributed by atoms with Gasteiger partial charge in [-0.2, -0.15) is 0 Å². The van der Waals surface area contributed by atoms with Gasteiger partial charge in [0.1, 0.15) is 5.75 Å². The highest BCUT2D eigenvalue weighted by atomic mass is 16.5. The Kier molecular flexibility index (Phi) is 4.29. The smallest absolute Gasteiger partial charge is 0.180 e. The zero-order valence-corrected chi connectivity index (χ0v) is 11.3. The standard InChI is InChI=1S/C14H21NO2/c1-10-6-7-13(17-5)11(8-10)12(16)9-15-14(2,3)4/h6-8,15H,9H2,1-5H3. The molecule has 0 unspecified atom stereocenters. The van der Waals surface area contributed by atoms with E-state index in [4.69, 9.17) is 4.74 Å². The summed E-state index contributed by atoms with van der Waals surface area (Å²) in [5.41, 5.74) is 1.64. The third-order valence-electron chi connectivity index (χ3n) is 2.43. The van der Waals surface area contributed by atoms with Crippen LogP contribution in [0.25, 0.3) is 0 Å². The third-order valence-corrected chi connectivity index (χ3v) is 2.43. The Morgan fingerprint density at radius 3 is 2.53 bits per heavy atom. The van der Waals surface area contributed by atoms with Crippen LogP contribution in [0.5, 0.6) is 5.75 Å². The summed E-state index contributed by atoms with van der Waals surface area (Å²) in [7, 11) is 1.58. The number of ether oxygens (including phenoxy) is 1. The van der Waals surface area contributed by atoms with Crippen molar-refractivity contribution in [2.45, 2.75) is 33.2 Å². The summed E-state index contributed by atoms with van der Waals surface area (Å²) >= 11 is 0. The Morgan fingerprint density at radius 2 is 2.00 bits per heavy atom. The van der Waals surface area contributed by atoms with Crippen LogP contribution in [0.1, 0.15) is 36.7 Å². The van der Waals surface area contributed by atoms with Crippen molar-refractivity contribution in [1.82, 2.24) is 5.32 Å². The number of benzene rings is 1. The molecular formula is C14H21NO2. The molecule has 0 saturated carbocycles. The van der Waals surface area contributed by atoms with Crippen molar-refractivity contribution < 1.29 is 9.53 Å². The summed E-state index contributed by atoms with van der Waals surface area (Å²) in [6.07, 6.45) is 0. The molecule has 0 spiro atoms. The minimum atomic E-state index is -0.0628. The first-order valence-electron chi connectivity index (χ1n) is 5.76. The number of carbonyl (C=O) groups is 1. The second-order valence-electron chi connectivity index (χ2n) is 5.23. The van der Waals surface area contributed by atoms with E-state index in [2.05, 4.69) is 5.32 Å². The van der Waals surface area contributed by atoms with Gasteiger partial charge in [0.2, 0.25) is 0 Å². The maximum Gasteiger partial charge on any atom is 0.180 e. The predicted molar refractivity (Wildman–Crippen MR) is 69.8 cm³/mol. The number of aryl methyl sites for hydroxylation is 1. The van der Waals surface area contributed by atoms with Crippen LogP contribution in [0.15, 0.2) is 18.2 Å². The molecular weight excluding hydrogens is 214 g/mol. The highest BCUT2D eigenvalue weighted by Crippen LogP contribution is 2.20. The fourth-order valence-corrected chi connectivity index (χ4v) is 1.48. The summed E-state index contributed by atoms with van der Waals surface area (Å²) in [6, 6.07) is 5.64. The molecule has 0 saturated heterocycles. The van der Waals surface area contributed by atoms with Gasteiger partial charge in [-0.25, -0.2) is 0 Å². The molecule has 94 valence electrons. The van der Waals surface area contributed by atoms with Crippen molar-refractivity contribution in [2.75, 3.05) is 13.7 Å². The quantitative estimate of drug-likeness (QED) is 0.815. The highest BCUT2D eigenvalue weighted by molar-refractivity contribution is 6.00. The van der Waals surface area contributed by atoms with Crippen molar-refractivity contribution >= 4 is 5.78 Å². The molecule has 3 nitrogen and oxygen atoms in total. The van der Waals surface area contributed by atoms with Gasteiger partial charge >= 0.3 is 0 Å². The third kappa shape index (κ3) is 4.19. The number of rotatable bonds is 4. The lowest BCUT2D eigenvalue weighted by atomic mass is 10.0. The molecule has 1 rings (SSSR count). The molecule has 0 radical (unpaired) electrons. The van der Waals surface area contributed by atoms with Gasteiger partial charge in [-0.1, -0.05) is 11.6 Å². The minimum Gasteiger partial charge on any atom is -0.496 e. The molecule has 17 heavy (non-hydrogen) atoms. The van der Waals surface area contributed by atoms with E-state index in [1.807, 2.05) is 45.9 Å². The summed E-state index contributed by atoms with van der Waals surface area (Å²) in [5, 5.41) is 3.19. The number of nitrogens with one attached hydrogen (secondary N) is 1. The number of methoxy groups -OCH3 is 1.